The maximum atomic E-state index is 11.8. The van der Waals surface area contributed by atoms with Crippen LogP contribution in [0.15, 0.2) is 6.20 Å². The molecule has 0 aliphatic heterocycles. The summed E-state index contributed by atoms with van der Waals surface area (Å²) in [6, 6.07) is 0. The summed E-state index contributed by atoms with van der Waals surface area (Å²) in [6.45, 7) is 6.88. The minimum absolute atomic E-state index is 0.0201. The number of nitrogens with zero attached hydrogens (tertiary/aromatic N) is 1. The fourth-order valence-electron chi connectivity index (χ4n) is 1.22. The molecule has 0 aromatic carbocycles. The number of thiazole rings is 1. The molecule has 1 aromatic rings. The van der Waals surface area contributed by atoms with Crippen molar-refractivity contribution < 1.29 is 4.79 Å². The van der Waals surface area contributed by atoms with Gasteiger partial charge in [-0.05, 0) is 18.8 Å². The van der Waals surface area contributed by atoms with E-state index >= 15 is 0 Å². The van der Waals surface area contributed by atoms with E-state index in [9.17, 15) is 4.79 Å². The minimum atomic E-state index is -0.0201. The Labute approximate surface area is 109 Å². The highest BCUT2D eigenvalue weighted by molar-refractivity contribution is 9.09. The van der Waals surface area contributed by atoms with Gasteiger partial charge < -0.3 is 5.32 Å². The molecule has 1 amide bonds. The third-order valence-electron chi connectivity index (χ3n) is 2.34. The van der Waals surface area contributed by atoms with Gasteiger partial charge in [-0.2, -0.15) is 0 Å². The minimum Gasteiger partial charge on any atom is -0.351 e. The van der Waals surface area contributed by atoms with E-state index in [1.807, 2.05) is 6.92 Å². The number of nitrogens with one attached hydrogen (secondary N) is 1. The zero-order chi connectivity index (χ0) is 12.2. The molecular formula is C11H17BrN2OS. The Kier molecular flexibility index (Phi) is 4.92. The maximum absolute atomic E-state index is 11.8. The standard InChI is InChI=1S/C11H17BrN2OS/c1-8-13-6-9(16-8)10(15)14-7-11(2,3)4-5-12/h6H,4-5,7H2,1-3H3,(H,14,15). The fourth-order valence-corrected chi connectivity index (χ4v) is 2.98. The van der Waals surface area contributed by atoms with Gasteiger partial charge in [-0.3, -0.25) is 4.79 Å². The molecule has 5 heteroatoms. The van der Waals surface area contributed by atoms with Gasteiger partial charge in [-0.15, -0.1) is 11.3 Å². The lowest BCUT2D eigenvalue weighted by Crippen LogP contribution is -2.33. The van der Waals surface area contributed by atoms with Crippen LogP contribution < -0.4 is 5.32 Å². The molecule has 3 nitrogen and oxygen atoms in total. The summed E-state index contributed by atoms with van der Waals surface area (Å²) in [4.78, 5) is 16.5. The second-order valence-corrected chi connectivity index (χ2v) is 6.56. The molecular weight excluding hydrogens is 288 g/mol. The smallest absolute Gasteiger partial charge is 0.263 e. The lowest BCUT2D eigenvalue weighted by molar-refractivity contribution is 0.0940. The normalized spacial score (nSPS) is 11.5. The highest BCUT2D eigenvalue weighted by atomic mass is 79.9. The number of halogens is 1. The quantitative estimate of drug-likeness (QED) is 0.850. The first-order chi connectivity index (χ1) is 7.44. The summed E-state index contributed by atoms with van der Waals surface area (Å²) >= 11 is 4.85. The van der Waals surface area contributed by atoms with Gasteiger partial charge in [-0.1, -0.05) is 29.8 Å². The molecule has 0 radical (unpaired) electrons. The number of carbonyl (C=O) groups is 1. The zero-order valence-corrected chi connectivity index (χ0v) is 12.2. The van der Waals surface area contributed by atoms with Crippen LogP contribution in [0.1, 0.15) is 34.9 Å². The average Bonchev–Trinajstić information content (AvgIpc) is 2.61. The van der Waals surface area contributed by atoms with Crippen LogP contribution in [0.25, 0.3) is 0 Å². The van der Waals surface area contributed by atoms with E-state index in [2.05, 4.69) is 40.1 Å². The van der Waals surface area contributed by atoms with Crippen molar-refractivity contribution in [1.29, 1.82) is 0 Å². The lowest BCUT2D eigenvalue weighted by Gasteiger charge is -2.23. The van der Waals surface area contributed by atoms with E-state index in [1.165, 1.54) is 11.3 Å². The molecule has 1 rings (SSSR count). The Hall–Kier alpha value is -0.420. The number of alkyl halides is 1. The van der Waals surface area contributed by atoms with Crippen molar-refractivity contribution in [2.45, 2.75) is 27.2 Å². The lowest BCUT2D eigenvalue weighted by atomic mass is 9.90. The topological polar surface area (TPSA) is 42.0 Å². The van der Waals surface area contributed by atoms with Crippen LogP contribution in [-0.2, 0) is 0 Å². The van der Waals surface area contributed by atoms with Crippen molar-refractivity contribution in [2.75, 3.05) is 11.9 Å². The van der Waals surface area contributed by atoms with Crippen molar-refractivity contribution in [3.8, 4) is 0 Å². The van der Waals surface area contributed by atoms with Crippen molar-refractivity contribution in [3.05, 3.63) is 16.1 Å². The first-order valence-corrected chi connectivity index (χ1v) is 7.15. The maximum Gasteiger partial charge on any atom is 0.263 e. The summed E-state index contributed by atoms with van der Waals surface area (Å²) in [5, 5.41) is 4.82. The molecule has 0 saturated carbocycles. The Bertz CT molecular complexity index is 363. The highest BCUT2D eigenvalue weighted by Crippen LogP contribution is 2.20. The van der Waals surface area contributed by atoms with Gasteiger partial charge in [0.05, 0.1) is 11.2 Å². The van der Waals surface area contributed by atoms with E-state index in [0.29, 0.717) is 11.4 Å². The van der Waals surface area contributed by atoms with Crippen molar-refractivity contribution >= 4 is 33.2 Å². The Morgan fingerprint density at radius 3 is 2.81 bits per heavy atom. The van der Waals surface area contributed by atoms with Crippen LogP contribution in [0.2, 0.25) is 0 Å². The van der Waals surface area contributed by atoms with Crippen LogP contribution in [-0.4, -0.2) is 22.8 Å². The summed E-state index contributed by atoms with van der Waals surface area (Å²) in [6.07, 6.45) is 2.67. The van der Waals surface area contributed by atoms with Gasteiger partial charge in [0.1, 0.15) is 4.88 Å². The Balaban J connectivity index is 2.47. The van der Waals surface area contributed by atoms with E-state index in [0.717, 1.165) is 16.8 Å². The second-order valence-electron chi connectivity index (χ2n) is 4.53. The predicted molar refractivity (Wildman–Crippen MR) is 71.4 cm³/mol. The molecule has 0 atom stereocenters. The largest absolute Gasteiger partial charge is 0.351 e. The Morgan fingerprint density at radius 2 is 2.31 bits per heavy atom. The van der Waals surface area contributed by atoms with Crippen molar-refractivity contribution in [3.63, 3.8) is 0 Å². The van der Waals surface area contributed by atoms with Crippen molar-refractivity contribution in [1.82, 2.24) is 10.3 Å². The number of hydrogen-bond acceptors (Lipinski definition) is 3. The first kappa shape index (κ1) is 13.6. The molecule has 0 saturated heterocycles. The number of hydrogen-bond donors (Lipinski definition) is 1. The third kappa shape index (κ3) is 4.22. The van der Waals surface area contributed by atoms with Crippen LogP contribution in [0.4, 0.5) is 0 Å². The zero-order valence-electron chi connectivity index (χ0n) is 9.84. The van der Waals surface area contributed by atoms with Crippen LogP contribution >= 0.6 is 27.3 Å². The second kappa shape index (κ2) is 5.77. The number of aromatic nitrogens is 1. The summed E-state index contributed by atoms with van der Waals surface area (Å²) in [5.74, 6) is -0.0201. The number of carbonyl (C=O) groups excluding carboxylic acids is 1. The van der Waals surface area contributed by atoms with Crippen LogP contribution in [0, 0.1) is 12.3 Å². The molecule has 0 spiro atoms. The summed E-state index contributed by atoms with van der Waals surface area (Å²) in [7, 11) is 0. The molecule has 90 valence electrons. The van der Waals surface area contributed by atoms with E-state index in [1.54, 1.807) is 6.20 Å². The third-order valence-corrected chi connectivity index (χ3v) is 3.65. The molecule has 0 aliphatic rings. The average molecular weight is 305 g/mol. The van der Waals surface area contributed by atoms with Crippen LogP contribution in [0.5, 0.6) is 0 Å². The van der Waals surface area contributed by atoms with Gasteiger partial charge in [0.15, 0.2) is 0 Å². The highest BCUT2D eigenvalue weighted by Gasteiger charge is 2.19. The van der Waals surface area contributed by atoms with Crippen LogP contribution in [0.3, 0.4) is 0 Å². The van der Waals surface area contributed by atoms with Gasteiger partial charge in [0.2, 0.25) is 0 Å². The van der Waals surface area contributed by atoms with Gasteiger partial charge in [0.25, 0.3) is 5.91 Å². The SMILES string of the molecule is Cc1ncc(C(=O)NCC(C)(C)CCBr)s1. The van der Waals surface area contributed by atoms with E-state index in [4.69, 9.17) is 0 Å². The number of amides is 1. The summed E-state index contributed by atoms with van der Waals surface area (Å²) in [5.41, 5.74) is 0.124. The Morgan fingerprint density at radius 1 is 1.62 bits per heavy atom. The summed E-state index contributed by atoms with van der Waals surface area (Å²) < 4.78 is 0. The van der Waals surface area contributed by atoms with Crippen molar-refractivity contribution in [2.24, 2.45) is 5.41 Å². The fraction of sp³-hybridized carbons (Fsp3) is 0.636. The molecule has 1 heterocycles. The predicted octanol–water partition coefficient (Wildman–Crippen LogP) is 2.99. The van der Waals surface area contributed by atoms with Gasteiger partial charge in [-0.25, -0.2) is 4.98 Å². The molecule has 1 N–H and O–H groups in total. The van der Waals surface area contributed by atoms with E-state index in [-0.39, 0.29) is 11.3 Å². The monoisotopic (exact) mass is 304 g/mol. The van der Waals surface area contributed by atoms with Gasteiger partial charge in [0, 0.05) is 11.9 Å². The van der Waals surface area contributed by atoms with Gasteiger partial charge >= 0.3 is 0 Å². The number of aryl methyl sites for hydroxylation is 1. The first-order valence-electron chi connectivity index (χ1n) is 5.21. The molecule has 1 aromatic heterocycles. The number of rotatable bonds is 5. The molecule has 16 heavy (non-hydrogen) atoms. The van der Waals surface area contributed by atoms with E-state index < -0.39 is 0 Å². The molecule has 0 bridgehead atoms. The molecule has 0 fully saturated rings. The molecule has 0 aliphatic carbocycles. The molecule has 0 unspecified atom stereocenters.